The Morgan fingerprint density at radius 3 is 2.83 bits per heavy atom. The van der Waals surface area contributed by atoms with Crippen LogP contribution in [-0.4, -0.2) is 96.7 Å². The minimum atomic E-state index is -3.97. The first-order valence-electron chi connectivity index (χ1n) is 12.8. The fourth-order valence-electron chi connectivity index (χ4n) is 5.16. The maximum Gasteiger partial charge on any atom is 0.325 e. The summed E-state index contributed by atoms with van der Waals surface area (Å²) in [6, 6.07) is 0. The third-order valence-electron chi connectivity index (χ3n) is 7.29. The van der Waals surface area contributed by atoms with Crippen LogP contribution in [-0.2, 0) is 30.3 Å². The van der Waals surface area contributed by atoms with E-state index in [1.807, 2.05) is 6.92 Å². The van der Waals surface area contributed by atoms with Crippen LogP contribution in [0.4, 0.5) is 11.8 Å². The second-order valence-electron chi connectivity index (χ2n) is 10.0. The minimum Gasteiger partial charge on any atom is -0.394 e. The zero-order chi connectivity index (χ0) is 29.8. The number of fused-ring (bicyclic) bond motifs is 2. The number of aromatic amines is 1. The summed E-state index contributed by atoms with van der Waals surface area (Å²) < 4.78 is 26.5. The lowest BCUT2D eigenvalue weighted by Gasteiger charge is -2.30. The summed E-state index contributed by atoms with van der Waals surface area (Å²) in [5.74, 6) is 0.0272. The van der Waals surface area contributed by atoms with Gasteiger partial charge in [0, 0.05) is 12.8 Å². The van der Waals surface area contributed by atoms with E-state index in [0.717, 1.165) is 0 Å². The van der Waals surface area contributed by atoms with E-state index in [1.54, 1.807) is 4.57 Å². The molecule has 226 valence electrons. The van der Waals surface area contributed by atoms with Gasteiger partial charge in [0.25, 0.3) is 5.56 Å². The van der Waals surface area contributed by atoms with Gasteiger partial charge in [-0.05, 0) is 18.2 Å². The molecule has 0 spiro atoms. The van der Waals surface area contributed by atoms with Gasteiger partial charge in [-0.1, -0.05) is 12.1 Å². The maximum absolute atomic E-state index is 12.2. The van der Waals surface area contributed by atoms with Crippen LogP contribution in [0.1, 0.15) is 38.6 Å². The van der Waals surface area contributed by atoms with Gasteiger partial charge in [-0.3, -0.25) is 14.3 Å². The van der Waals surface area contributed by atoms with Crippen LogP contribution >= 0.6 is 6.72 Å². The lowest BCUT2D eigenvalue weighted by molar-refractivity contribution is -0.108. The monoisotopic (exact) mass is 625 g/mol. The van der Waals surface area contributed by atoms with Crippen LogP contribution in [0, 0.1) is 0 Å². The lowest BCUT2D eigenvalue weighted by Crippen LogP contribution is -2.34. The first-order chi connectivity index (χ1) is 20.0. The van der Waals surface area contributed by atoms with Crippen LogP contribution in [0.5, 0.6) is 0 Å². The fourth-order valence-corrected chi connectivity index (χ4v) is 6.64. The van der Waals surface area contributed by atoms with Crippen LogP contribution in [0.15, 0.2) is 17.4 Å². The molecule has 0 saturated carbocycles. The van der Waals surface area contributed by atoms with E-state index in [1.165, 1.54) is 17.3 Å². The Bertz CT molecular complexity index is 1730. The second kappa shape index (κ2) is 10.8. The number of hydrogen-bond donors (Lipinski definition) is 6. The summed E-state index contributed by atoms with van der Waals surface area (Å²) in [4.78, 5) is 42.1. The summed E-state index contributed by atoms with van der Waals surface area (Å²) in [5, 5.41) is 28.4. The number of H-pyrrole nitrogens is 1. The Morgan fingerprint density at radius 1 is 1.26 bits per heavy atom. The van der Waals surface area contributed by atoms with Gasteiger partial charge in [0.1, 0.15) is 24.1 Å². The summed E-state index contributed by atoms with van der Waals surface area (Å²) >= 11 is 5.33. The van der Waals surface area contributed by atoms with Crippen molar-refractivity contribution in [1.82, 2.24) is 44.5 Å². The number of rotatable bonds is 9. The number of aliphatic hydroxyl groups is 2. The quantitative estimate of drug-likeness (QED) is 0.120. The van der Waals surface area contributed by atoms with Gasteiger partial charge in [0.15, 0.2) is 35.1 Å². The van der Waals surface area contributed by atoms with Crippen molar-refractivity contribution in [1.29, 1.82) is 0 Å². The summed E-state index contributed by atoms with van der Waals surface area (Å²) in [7, 11) is 0. The molecule has 6 heterocycles. The van der Waals surface area contributed by atoms with Gasteiger partial charge in [-0.25, -0.2) is 15.0 Å². The molecule has 6 rings (SSSR count). The standard InChI is InChI=1S/C21H28N11O8PS/c1-2-21(4-10(34)18(39-21)31-8-26-12-14(22)24-7-25-15(12)31)6-37-41(36,42)40-11-3-9(5-33)38-19(11)32-16-13(29-30-32)17(35)28-20(23)27-16/h7-11,18-19,33-34H,2-6H2,1H3,(H,36,42)(H2,22,24,25)(H3,23,27,28,35)/t9-,10+,11+,18+,19+,21-,41?/m0/s1. The van der Waals surface area contributed by atoms with Crippen molar-refractivity contribution in [3.05, 3.63) is 23.0 Å². The van der Waals surface area contributed by atoms with E-state index in [9.17, 15) is 19.9 Å². The van der Waals surface area contributed by atoms with E-state index in [4.69, 9.17) is 41.8 Å². The molecule has 0 aliphatic carbocycles. The number of nitrogen functional groups attached to an aromatic ring is 2. The highest BCUT2D eigenvalue weighted by atomic mass is 32.5. The van der Waals surface area contributed by atoms with E-state index in [-0.39, 0.29) is 49.0 Å². The normalized spacial score (nSPS) is 29.5. The van der Waals surface area contributed by atoms with E-state index >= 15 is 0 Å². The first-order valence-corrected chi connectivity index (χ1v) is 15.4. The number of nitrogens with two attached hydrogens (primary N) is 2. The van der Waals surface area contributed by atoms with E-state index in [0.29, 0.717) is 17.6 Å². The van der Waals surface area contributed by atoms with Gasteiger partial charge in [0.2, 0.25) is 5.95 Å². The molecule has 1 unspecified atom stereocenters. The highest BCUT2D eigenvalue weighted by Crippen LogP contribution is 2.51. The number of nitrogens with zero attached hydrogens (tertiary/aromatic N) is 8. The Labute approximate surface area is 241 Å². The maximum atomic E-state index is 12.2. The highest BCUT2D eigenvalue weighted by molar-refractivity contribution is 8.07. The number of aromatic nitrogens is 9. The van der Waals surface area contributed by atoms with Crippen molar-refractivity contribution in [2.45, 2.75) is 62.6 Å². The molecule has 8 N–H and O–H groups in total. The smallest absolute Gasteiger partial charge is 0.325 e. The SMILES string of the molecule is CC[C@@]1(COP(O)(=S)O[C@@H]2C[C@@H](CO)O[C@H]2n2nnc3c(=O)[nH]c(N)nc32)C[C@@H](O)[C@H](n2cnc3c(N)ncnc32)O1. The molecule has 0 aromatic carbocycles. The molecule has 2 fully saturated rings. The van der Waals surface area contributed by atoms with Crippen molar-refractivity contribution in [3.8, 4) is 0 Å². The number of aliphatic hydroxyl groups excluding tert-OH is 2. The third kappa shape index (κ3) is 5.14. The van der Waals surface area contributed by atoms with Crippen LogP contribution < -0.4 is 17.0 Å². The van der Waals surface area contributed by atoms with Gasteiger partial charge < -0.3 is 45.1 Å². The molecule has 42 heavy (non-hydrogen) atoms. The Kier molecular flexibility index (Phi) is 7.44. The number of anilines is 2. The van der Waals surface area contributed by atoms with Crippen LogP contribution in [0.25, 0.3) is 22.3 Å². The summed E-state index contributed by atoms with van der Waals surface area (Å²) in [5.41, 5.74) is 10.6. The molecule has 4 aromatic rings. The topological polar surface area (TPSA) is 270 Å². The molecule has 0 radical (unpaired) electrons. The first kappa shape index (κ1) is 28.9. The van der Waals surface area contributed by atoms with Crippen molar-refractivity contribution < 1.29 is 33.6 Å². The Hall–Kier alpha value is -3.20. The Balaban J connectivity index is 1.19. The molecule has 19 nitrogen and oxygen atoms in total. The number of ether oxygens (including phenoxy) is 2. The van der Waals surface area contributed by atoms with Gasteiger partial charge in [-0.2, -0.15) is 9.67 Å². The largest absolute Gasteiger partial charge is 0.394 e. The van der Waals surface area contributed by atoms with Gasteiger partial charge in [-0.15, -0.1) is 5.10 Å². The minimum absolute atomic E-state index is 0.0176. The van der Waals surface area contributed by atoms with E-state index < -0.39 is 48.6 Å². The molecule has 2 saturated heterocycles. The molecule has 0 bridgehead atoms. The molecule has 2 aliphatic rings. The summed E-state index contributed by atoms with van der Waals surface area (Å²) in [6.45, 7) is -2.70. The molecule has 0 amide bonds. The molecular formula is C21H28N11O8PS. The summed E-state index contributed by atoms with van der Waals surface area (Å²) in [6.07, 6.45) is -1.17. The van der Waals surface area contributed by atoms with E-state index in [2.05, 4.69) is 35.2 Å². The zero-order valence-corrected chi connectivity index (χ0v) is 23.8. The highest BCUT2D eigenvalue weighted by Gasteiger charge is 2.48. The molecule has 21 heteroatoms. The number of imidazole rings is 1. The van der Waals surface area contributed by atoms with Crippen molar-refractivity contribution in [2.24, 2.45) is 0 Å². The van der Waals surface area contributed by atoms with Gasteiger partial charge in [0.05, 0.1) is 31.2 Å². The van der Waals surface area contributed by atoms with Crippen molar-refractivity contribution >= 4 is 52.6 Å². The average molecular weight is 626 g/mol. The average Bonchev–Trinajstić information content (AvgIpc) is 3.72. The predicted octanol–water partition coefficient (Wildman–Crippen LogP) is -1.15. The van der Waals surface area contributed by atoms with Crippen molar-refractivity contribution in [2.75, 3.05) is 24.7 Å². The van der Waals surface area contributed by atoms with Crippen LogP contribution in [0.3, 0.4) is 0 Å². The molecule has 7 atom stereocenters. The van der Waals surface area contributed by atoms with Gasteiger partial charge >= 0.3 is 6.72 Å². The second-order valence-corrected chi connectivity index (χ2v) is 12.8. The predicted molar refractivity (Wildman–Crippen MR) is 147 cm³/mol. The van der Waals surface area contributed by atoms with Crippen LogP contribution in [0.2, 0.25) is 0 Å². The number of nitrogens with one attached hydrogen (secondary N) is 1. The molecule has 2 aliphatic heterocycles. The zero-order valence-electron chi connectivity index (χ0n) is 22.0. The molecular weight excluding hydrogens is 597 g/mol. The van der Waals surface area contributed by atoms with Crippen molar-refractivity contribution in [3.63, 3.8) is 0 Å². The number of hydrogen-bond acceptors (Lipinski definition) is 16. The lowest BCUT2D eigenvalue weighted by atomic mass is 9.97. The fraction of sp³-hybridized carbons (Fsp3) is 0.571. The Morgan fingerprint density at radius 2 is 2.07 bits per heavy atom. The molecule has 4 aromatic heterocycles. The third-order valence-corrected chi connectivity index (χ3v) is 8.86.